The summed E-state index contributed by atoms with van der Waals surface area (Å²) in [7, 11) is 3.89. The Hall–Kier alpha value is -2.06. The largest absolute Gasteiger partial charge is 0.364 e. The molecule has 0 unspecified atom stereocenters. The van der Waals surface area contributed by atoms with Crippen molar-refractivity contribution in [3.05, 3.63) is 29.7 Å². The Morgan fingerprint density at radius 1 is 1.50 bits per heavy atom. The maximum absolute atomic E-state index is 8.99. The summed E-state index contributed by atoms with van der Waals surface area (Å²) in [6.45, 7) is 0.313. The smallest absolute Gasteiger partial charge is 0.166 e. The molecule has 0 aliphatic rings. The zero-order valence-corrected chi connectivity index (χ0v) is 9.31. The van der Waals surface area contributed by atoms with E-state index in [0.717, 1.165) is 11.3 Å². The highest BCUT2D eigenvalue weighted by molar-refractivity contribution is 5.63. The molecule has 0 fully saturated rings. The fourth-order valence-electron chi connectivity index (χ4n) is 1.76. The lowest BCUT2D eigenvalue weighted by Gasteiger charge is -2.15. The van der Waals surface area contributed by atoms with Gasteiger partial charge in [0.15, 0.2) is 5.69 Å². The van der Waals surface area contributed by atoms with Gasteiger partial charge in [-0.15, -0.1) is 0 Å². The molecule has 5 heteroatoms. The van der Waals surface area contributed by atoms with Gasteiger partial charge in [0.1, 0.15) is 17.7 Å². The van der Waals surface area contributed by atoms with Gasteiger partial charge in [-0.2, -0.15) is 5.26 Å². The minimum atomic E-state index is 0.313. The van der Waals surface area contributed by atoms with Gasteiger partial charge in [0.25, 0.3) is 0 Å². The molecule has 0 amide bonds. The number of nitrogens with two attached hydrogens (primary N) is 1. The lowest BCUT2D eigenvalue weighted by Crippen LogP contribution is -2.15. The van der Waals surface area contributed by atoms with E-state index in [1.807, 2.05) is 41.6 Å². The van der Waals surface area contributed by atoms with E-state index in [1.165, 1.54) is 0 Å². The number of pyridine rings is 1. The average Bonchev–Trinajstić information content (AvgIpc) is 2.66. The molecule has 0 spiro atoms. The average molecular weight is 215 g/mol. The predicted molar refractivity (Wildman–Crippen MR) is 62.1 cm³/mol. The van der Waals surface area contributed by atoms with E-state index in [2.05, 4.69) is 11.1 Å². The molecule has 5 nitrogen and oxygen atoms in total. The molecule has 2 aromatic heterocycles. The van der Waals surface area contributed by atoms with E-state index in [4.69, 9.17) is 11.0 Å². The van der Waals surface area contributed by atoms with Crippen LogP contribution >= 0.6 is 0 Å². The summed E-state index contributed by atoms with van der Waals surface area (Å²) in [4.78, 5) is 6.19. The molecule has 82 valence electrons. The molecule has 0 aromatic carbocycles. The Bertz CT molecular complexity index is 561. The van der Waals surface area contributed by atoms with Gasteiger partial charge in [-0.25, -0.2) is 4.98 Å². The van der Waals surface area contributed by atoms with Crippen LogP contribution in [-0.2, 0) is 6.54 Å². The van der Waals surface area contributed by atoms with Crippen LogP contribution in [0.25, 0.3) is 5.52 Å². The third-order valence-corrected chi connectivity index (χ3v) is 2.46. The second kappa shape index (κ2) is 3.83. The molecule has 16 heavy (non-hydrogen) atoms. The van der Waals surface area contributed by atoms with E-state index < -0.39 is 0 Å². The molecule has 2 heterocycles. The number of hydrogen-bond donors (Lipinski definition) is 1. The minimum Gasteiger partial charge on any atom is -0.364 e. The van der Waals surface area contributed by atoms with Gasteiger partial charge >= 0.3 is 0 Å². The van der Waals surface area contributed by atoms with Crippen molar-refractivity contribution in [2.45, 2.75) is 6.54 Å². The lowest BCUT2D eigenvalue weighted by atomic mass is 10.3. The first-order valence-corrected chi connectivity index (χ1v) is 4.97. The molecule has 2 N–H and O–H groups in total. The summed E-state index contributed by atoms with van der Waals surface area (Å²) >= 11 is 0. The van der Waals surface area contributed by atoms with Crippen molar-refractivity contribution in [3.63, 3.8) is 0 Å². The lowest BCUT2D eigenvalue weighted by molar-refractivity contribution is 0.884. The Kier molecular flexibility index (Phi) is 2.50. The molecule has 0 saturated heterocycles. The molecule has 0 radical (unpaired) electrons. The summed E-state index contributed by atoms with van der Waals surface area (Å²) in [5.74, 6) is 1.67. The summed E-state index contributed by atoms with van der Waals surface area (Å²) in [6.07, 6.45) is 0. The maximum Gasteiger partial charge on any atom is 0.166 e. The van der Waals surface area contributed by atoms with Gasteiger partial charge < -0.3 is 10.6 Å². The van der Waals surface area contributed by atoms with Gasteiger partial charge in [0.05, 0.1) is 12.1 Å². The van der Waals surface area contributed by atoms with Crippen LogP contribution in [0.5, 0.6) is 0 Å². The van der Waals surface area contributed by atoms with Crippen LogP contribution in [0, 0.1) is 11.3 Å². The molecule has 0 atom stereocenters. The van der Waals surface area contributed by atoms with Crippen LogP contribution < -0.4 is 10.6 Å². The van der Waals surface area contributed by atoms with Crippen molar-refractivity contribution in [1.82, 2.24) is 9.38 Å². The second-order valence-corrected chi connectivity index (χ2v) is 3.69. The number of aromatic nitrogens is 2. The third kappa shape index (κ3) is 1.40. The van der Waals surface area contributed by atoms with Crippen molar-refractivity contribution in [1.29, 1.82) is 5.26 Å². The highest BCUT2D eigenvalue weighted by atomic mass is 15.2. The number of fused-ring (bicyclic) bond motifs is 1. The predicted octanol–water partition coefficient (Wildman–Crippen LogP) is 0.731. The van der Waals surface area contributed by atoms with E-state index in [1.54, 1.807) is 0 Å². The van der Waals surface area contributed by atoms with E-state index in [0.29, 0.717) is 18.1 Å². The first-order valence-electron chi connectivity index (χ1n) is 4.97. The summed E-state index contributed by atoms with van der Waals surface area (Å²) in [5.41, 5.74) is 6.86. The zero-order chi connectivity index (χ0) is 11.7. The number of anilines is 1. The summed E-state index contributed by atoms with van der Waals surface area (Å²) in [6, 6.07) is 7.83. The Balaban J connectivity index is 2.86. The van der Waals surface area contributed by atoms with Crippen molar-refractivity contribution < 1.29 is 0 Å². The first-order chi connectivity index (χ1) is 7.69. The monoisotopic (exact) mass is 215 g/mol. The molecule has 0 aliphatic carbocycles. The molecule has 2 rings (SSSR count). The molecule has 0 aliphatic heterocycles. The van der Waals surface area contributed by atoms with Crippen molar-refractivity contribution in [2.75, 3.05) is 19.0 Å². The Labute approximate surface area is 93.7 Å². The zero-order valence-electron chi connectivity index (χ0n) is 9.31. The summed E-state index contributed by atoms with van der Waals surface area (Å²) in [5, 5.41) is 8.99. The Morgan fingerprint density at radius 3 is 2.81 bits per heavy atom. The van der Waals surface area contributed by atoms with Gasteiger partial charge in [-0.3, -0.25) is 4.40 Å². The van der Waals surface area contributed by atoms with Gasteiger partial charge in [0, 0.05) is 14.1 Å². The van der Waals surface area contributed by atoms with Crippen molar-refractivity contribution in [3.8, 4) is 6.07 Å². The van der Waals surface area contributed by atoms with Crippen LogP contribution in [0.15, 0.2) is 18.2 Å². The normalized spacial score (nSPS) is 10.4. The standard InChI is InChI=1S/C11H13N5/c1-15(2)11-5-3-4-9-8(6-12)14-10(7-13)16(9)11/h3-5H,7,13H2,1-2H3. The third-order valence-electron chi connectivity index (χ3n) is 2.46. The quantitative estimate of drug-likeness (QED) is 0.801. The minimum absolute atomic E-state index is 0.313. The molecular weight excluding hydrogens is 202 g/mol. The maximum atomic E-state index is 8.99. The highest BCUT2D eigenvalue weighted by Gasteiger charge is 2.12. The number of hydrogen-bond acceptors (Lipinski definition) is 4. The van der Waals surface area contributed by atoms with Gasteiger partial charge in [-0.1, -0.05) is 6.07 Å². The fourth-order valence-corrected chi connectivity index (χ4v) is 1.76. The molecule has 0 bridgehead atoms. The second-order valence-electron chi connectivity index (χ2n) is 3.69. The number of rotatable bonds is 2. The van der Waals surface area contributed by atoms with Crippen molar-refractivity contribution >= 4 is 11.3 Å². The Morgan fingerprint density at radius 2 is 2.25 bits per heavy atom. The number of imidazole rings is 1. The number of nitrogens with zero attached hydrogens (tertiary/aromatic N) is 4. The molecule has 2 aromatic rings. The number of nitriles is 1. The van der Waals surface area contributed by atoms with E-state index in [-0.39, 0.29) is 0 Å². The first kappa shape index (κ1) is 10.5. The van der Waals surface area contributed by atoms with Crippen LogP contribution in [0.2, 0.25) is 0 Å². The fraction of sp³-hybridized carbons (Fsp3) is 0.273. The van der Waals surface area contributed by atoms with E-state index in [9.17, 15) is 0 Å². The SMILES string of the molecule is CN(C)c1cccc2c(C#N)nc(CN)n12. The highest BCUT2D eigenvalue weighted by Crippen LogP contribution is 2.20. The van der Waals surface area contributed by atoms with Gasteiger partial charge in [0.2, 0.25) is 0 Å². The molecule has 0 saturated carbocycles. The molecular formula is C11H13N5. The van der Waals surface area contributed by atoms with Crippen LogP contribution in [0.3, 0.4) is 0 Å². The van der Waals surface area contributed by atoms with E-state index >= 15 is 0 Å². The topological polar surface area (TPSA) is 70.3 Å². The van der Waals surface area contributed by atoms with Gasteiger partial charge in [-0.05, 0) is 12.1 Å². The summed E-state index contributed by atoms with van der Waals surface area (Å²) < 4.78 is 1.92. The van der Waals surface area contributed by atoms with Crippen LogP contribution in [0.4, 0.5) is 5.82 Å². The van der Waals surface area contributed by atoms with Crippen molar-refractivity contribution in [2.24, 2.45) is 5.73 Å². The van der Waals surface area contributed by atoms with Crippen LogP contribution in [-0.4, -0.2) is 23.5 Å². The van der Waals surface area contributed by atoms with Crippen LogP contribution in [0.1, 0.15) is 11.5 Å².